The first kappa shape index (κ1) is 15.9. The summed E-state index contributed by atoms with van der Waals surface area (Å²) in [6.07, 6.45) is 2.89. The molecule has 0 spiro atoms. The van der Waals surface area contributed by atoms with Gasteiger partial charge in [0, 0.05) is 19.6 Å². The van der Waals surface area contributed by atoms with Gasteiger partial charge < -0.3 is 10.0 Å². The molecule has 1 fully saturated rings. The van der Waals surface area contributed by atoms with E-state index in [1.54, 1.807) is 18.9 Å². The summed E-state index contributed by atoms with van der Waals surface area (Å²) in [7, 11) is 1.75. The van der Waals surface area contributed by atoms with Gasteiger partial charge in [0.15, 0.2) is 0 Å². The van der Waals surface area contributed by atoms with Crippen LogP contribution in [0.25, 0.3) is 0 Å². The van der Waals surface area contributed by atoms with Gasteiger partial charge in [-0.15, -0.1) is 0 Å². The first-order valence-corrected chi connectivity index (χ1v) is 7.03. The molecule has 1 aliphatic heterocycles. The van der Waals surface area contributed by atoms with E-state index in [4.69, 9.17) is 5.26 Å². The third-order valence-corrected chi connectivity index (χ3v) is 3.83. The van der Waals surface area contributed by atoms with Crippen LogP contribution in [0, 0.1) is 11.3 Å². The Morgan fingerprint density at radius 3 is 2.84 bits per heavy atom. The molecule has 0 aromatic carbocycles. The Hall–Kier alpha value is -1.12. The van der Waals surface area contributed by atoms with E-state index in [0.717, 1.165) is 25.8 Å². The highest BCUT2D eigenvalue weighted by Gasteiger charge is 2.33. The number of nitrogens with zero attached hydrogens (tertiary/aromatic N) is 3. The number of aliphatic hydroxyl groups is 1. The molecule has 0 saturated carbocycles. The van der Waals surface area contributed by atoms with E-state index in [0.29, 0.717) is 19.0 Å². The number of rotatable bonds is 6. The molecule has 1 amide bonds. The van der Waals surface area contributed by atoms with E-state index in [-0.39, 0.29) is 18.1 Å². The van der Waals surface area contributed by atoms with Gasteiger partial charge >= 0.3 is 0 Å². The zero-order valence-corrected chi connectivity index (χ0v) is 12.2. The van der Waals surface area contributed by atoms with Crippen molar-refractivity contribution in [2.45, 2.75) is 57.7 Å². The molecular weight excluding hydrogens is 242 g/mol. The van der Waals surface area contributed by atoms with Crippen molar-refractivity contribution >= 4 is 5.91 Å². The normalized spacial score (nSPS) is 22.8. The fraction of sp³-hybridized carbons (Fsp3) is 0.857. The lowest BCUT2D eigenvalue weighted by atomic mass is 10.1. The fourth-order valence-electron chi connectivity index (χ4n) is 2.80. The smallest absolute Gasteiger partial charge is 0.239 e. The topological polar surface area (TPSA) is 67.6 Å². The van der Waals surface area contributed by atoms with Gasteiger partial charge in [0.1, 0.15) is 0 Å². The standard InChI is InChI=1S/C14H25N3O2/c1-11(18)10-13-6-4-9-17(13)12(2)14(19)16(3)8-5-7-15/h11-13,18H,4-6,8-10H2,1-3H3. The maximum atomic E-state index is 12.3. The van der Waals surface area contributed by atoms with Crippen molar-refractivity contribution in [3.8, 4) is 6.07 Å². The van der Waals surface area contributed by atoms with E-state index < -0.39 is 0 Å². The maximum Gasteiger partial charge on any atom is 0.239 e. The lowest BCUT2D eigenvalue weighted by molar-refractivity contribution is -0.135. The second kappa shape index (κ2) is 7.46. The molecule has 1 heterocycles. The van der Waals surface area contributed by atoms with Crippen LogP contribution in [0.3, 0.4) is 0 Å². The number of carbonyl (C=O) groups is 1. The molecule has 3 atom stereocenters. The van der Waals surface area contributed by atoms with Crippen molar-refractivity contribution < 1.29 is 9.90 Å². The Morgan fingerprint density at radius 2 is 2.26 bits per heavy atom. The van der Waals surface area contributed by atoms with Gasteiger partial charge in [0.2, 0.25) is 5.91 Å². The molecule has 1 rings (SSSR count). The summed E-state index contributed by atoms with van der Waals surface area (Å²) < 4.78 is 0. The van der Waals surface area contributed by atoms with E-state index in [1.165, 1.54) is 0 Å². The summed E-state index contributed by atoms with van der Waals surface area (Å²) in [4.78, 5) is 16.1. The first-order valence-electron chi connectivity index (χ1n) is 7.03. The zero-order valence-electron chi connectivity index (χ0n) is 12.2. The largest absolute Gasteiger partial charge is 0.393 e. The first-order chi connectivity index (χ1) is 8.97. The predicted molar refractivity (Wildman–Crippen MR) is 73.4 cm³/mol. The fourth-order valence-corrected chi connectivity index (χ4v) is 2.80. The zero-order chi connectivity index (χ0) is 14.4. The monoisotopic (exact) mass is 267 g/mol. The second-order valence-electron chi connectivity index (χ2n) is 5.46. The van der Waals surface area contributed by atoms with Gasteiger partial charge in [0.05, 0.1) is 24.6 Å². The van der Waals surface area contributed by atoms with Crippen LogP contribution in [-0.2, 0) is 4.79 Å². The Morgan fingerprint density at radius 1 is 1.58 bits per heavy atom. The minimum atomic E-state index is -0.329. The molecule has 108 valence electrons. The SMILES string of the molecule is CC(O)CC1CCCN1C(C)C(=O)N(C)CCC#N. The average Bonchev–Trinajstić information content (AvgIpc) is 2.81. The van der Waals surface area contributed by atoms with Gasteiger partial charge in [-0.3, -0.25) is 9.69 Å². The quantitative estimate of drug-likeness (QED) is 0.779. The van der Waals surface area contributed by atoms with Gasteiger partial charge in [-0.05, 0) is 39.7 Å². The van der Waals surface area contributed by atoms with Crippen molar-refractivity contribution in [1.29, 1.82) is 5.26 Å². The number of hydrogen-bond acceptors (Lipinski definition) is 4. The molecule has 3 unspecified atom stereocenters. The number of amides is 1. The summed E-state index contributed by atoms with van der Waals surface area (Å²) in [5, 5.41) is 18.1. The molecule has 5 heteroatoms. The molecule has 1 saturated heterocycles. The van der Waals surface area contributed by atoms with Gasteiger partial charge in [-0.25, -0.2) is 0 Å². The Kier molecular flexibility index (Phi) is 6.26. The summed E-state index contributed by atoms with van der Waals surface area (Å²) in [6, 6.07) is 2.18. The number of carbonyl (C=O) groups excluding carboxylic acids is 1. The minimum Gasteiger partial charge on any atom is -0.393 e. The molecule has 5 nitrogen and oxygen atoms in total. The molecule has 19 heavy (non-hydrogen) atoms. The lowest BCUT2D eigenvalue weighted by Gasteiger charge is -2.32. The number of nitriles is 1. The summed E-state index contributed by atoms with van der Waals surface area (Å²) >= 11 is 0. The molecule has 0 aliphatic carbocycles. The third-order valence-electron chi connectivity index (χ3n) is 3.83. The predicted octanol–water partition coefficient (Wildman–Crippen LogP) is 0.982. The minimum absolute atomic E-state index is 0.0627. The van der Waals surface area contributed by atoms with Crippen LogP contribution in [0.4, 0.5) is 0 Å². The summed E-state index contributed by atoms with van der Waals surface area (Å²) in [5.41, 5.74) is 0. The van der Waals surface area contributed by atoms with Crippen LogP contribution in [0.1, 0.15) is 39.5 Å². The lowest BCUT2D eigenvalue weighted by Crippen LogP contribution is -2.48. The molecule has 0 aromatic rings. The molecule has 1 aliphatic rings. The molecule has 1 N–H and O–H groups in total. The van der Waals surface area contributed by atoms with Gasteiger partial charge in [-0.1, -0.05) is 0 Å². The Balaban J connectivity index is 2.57. The van der Waals surface area contributed by atoms with Crippen LogP contribution in [-0.4, -0.2) is 59.1 Å². The second-order valence-corrected chi connectivity index (χ2v) is 5.46. The molecule has 0 bridgehead atoms. The number of likely N-dealkylation sites (tertiary alicyclic amines) is 1. The van der Waals surface area contributed by atoms with Crippen LogP contribution < -0.4 is 0 Å². The van der Waals surface area contributed by atoms with Crippen molar-refractivity contribution in [2.24, 2.45) is 0 Å². The van der Waals surface area contributed by atoms with E-state index in [9.17, 15) is 9.90 Å². The summed E-state index contributed by atoms with van der Waals surface area (Å²) in [5.74, 6) is 0.0627. The molecular formula is C14H25N3O2. The van der Waals surface area contributed by atoms with E-state index in [2.05, 4.69) is 11.0 Å². The van der Waals surface area contributed by atoms with Gasteiger partial charge in [0.25, 0.3) is 0 Å². The van der Waals surface area contributed by atoms with Crippen LogP contribution in [0.2, 0.25) is 0 Å². The van der Waals surface area contributed by atoms with Crippen molar-refractivity contribution in [3.05, 3.63) is 0 Å². The van der Waals surface area contributed by atoms with E-state index in [1.807, 2.05) is 6.92 Å². The number of aliphatic hydroxyl groups excluding tert-OH is 1. The van der Waals surface area contributed by atoms with Crippen LogP contribution in [0.5, 0.6) is 0 Å². The molecule has 0 aromatic heterocycles. The van der Waals surface area contributed by atoms with Crippen LogP contribution >= 0.6 is 0 Å². The Labute approximate surface area is 115 Å². The summed E-state index contributed by atoms with van der Waals surface area (Å²) in [6.45, 7) is 5.11. The number of hydrogen-bond donors (Lipinski definition) is 1. The highest BCUT2D eigenvalue weighted by atomic mass is 16.3. The third kappa shape index (κ3) is 4.48. The highest BCUT2D eigenvalue weighted by molar-refractivity contribution is 5.81. The van der Waals surface area contributed by atoms with E-state index >= 15 is 0 Å². The average molecular weight is 267 g/mol. The van der Waals surface area contributed by atoms with Crippen molar-refractivity contribution in [2.75, 3.05) is 20.1 Å². The van der Waals surface area contributed by atoms with Gasteiger partial charge in [-0.2, -0.15) is 5.26 Å². The maximum absolute atomic E-state index is 12.3. The molecule has 0 radical (unpaired) electrons. The van der Waals surface area contributed by atoms with Crippen molar-refractivity contribution in [3.63, 3.8) is 0 Å². The van der Waals surface area contributed by atoms with Crippen LogP contribution in [0.15, 0.2) is 0 Å². The highest BCUT2D eigenvalue weighted by Crippen LogP contribution is 2.24. The Bertz CT molecular complexity index is 338. The number of likely N-dealkylation sites (N-methyl/N-ethyl adjacent to an activating group) is 1. The van der Waals surface area contributed by atoms with Crippen molar-refractivity contribution in [1.82, 2.24) is 9.80 Å².